The van der Waals surface area contributed by atoms with E-state index in [1.54, 1.807) is 0 Å². The highest BCUT2D eigenvalue weighted by Gasteiger charge is 2.09. The molecule has 0 saturated heterocycles. The average molecular weight is 271 g/mol. The first-order valence-corrected chi connectivity index (χ1v) is 6.97. The number of thioether (sulfide) groups is 1. The zero-order valence-corrected chi connectivity index (χ0v) is 11.2. The summed E-state index contributed by atoms with van der Waals surface area (Å²) in [5, 5.41) is 12.0. The number of hydrogen-bond donors (Lipinski definition) is 1. The number of nitrogens with two attached hydrogens (primary N) is 1. The van der Waals surface area contributed by atoms with Crippen molar-refractivity contribution in [1.82, 2.24) is 20.3 Å². The first-order chi connectivity index (χ1) is 8.13. The van der Waals surface area contributed by atoms with E-state index >= 15 is 0 Å². The van der Waals surface area contributed by atoms with Gasteiger partial charge in [-0.25, -0.2) is 0 Å². The lowest BCUT2D eigenvalue weighted by Crippen LogP contribution is -1.94. The summed E-state index contributed by atoms with van der Waals surface area (Å²) in [7, 11) is 0. The third-order valence-corrected chi connectivity index (χ3v) is 3.72. The van der Waals surface area contributed by atoms with E-state index in [1.165, 1.54) is 23.1 Å². The van der Waals surface area contributed by atoms with Crippen LogP contribution in [0.5, 0.6) is 0 Å². The van der Waals surface area contributed by atoms with Gasteiger partial charge in [0.15, 0.2) is 10.2 Å². The lowest BCUT2D eigenvalue weighted by Gasteiger charge is -1.95. The Hall–Kier alpha value is -1.15. The van der Waals surface area contributed by atoms with Crippen molar-refractivity contribution in [1.29, 1.82) is 0 Å². The van der Waals surface area contributed by atoms with Gasteiger partial charge in [-0.15, -0.1) is 10.2 Å². The monoisotopic (exact) mass is 271 g/mol. The molecule has 92 valence electrons. The van der Waals surface area contributed by atoms with Crippen LogP contribution in [0.4, 0.5) is 5.13 Å². The van der Waals surface area contributed by atoms with Crippen molar-refractivity contribution in [3.8, 4) is 0 Å². The highest BCUT2D eigenvalue weighted by atomic mass is 32.2. The summed E-state index contributed by atoms with van der Waals surface area (Å²) in [5.74, 6) is 2.50. The molecule has 8 heteroatoms. The molecule has 2 heterocycles. The number of anilines is 1. The predicted molar refractivity (Wildman–Crippen MR) is 66.7 cm³/mol. The van der Waals surface area contributed by atoms with Gasteiger partial charge in [-0.05, 0) is 5.92 Å². The third kappa shape index (κ3) is 3.67. The van der Waals surface area contributed by atoms with E-state index in [2.05, 4.69) is 34.2 Å². The Labute approximate surface area is 107 Å². The molecular weight excluding hydrogens is 258 g/mol. The Morgan fingerprint density at radius 2 is 2.24 bits per heavy atom. The lowest BCUT2D eigenvalue weighted by atomic mass is 10.1. The Bertz CT molecular complexity index is 481. The number of aromatic nitrogens is 4. The Morgan fingerprint density at radius 3 is 2.88 bits per heavy atom. The molecule has 17 heavy (non-hydrogen) atoms. The molecule has 2 aromatic heterocycles. The number of nitrogen functional groups attached to an aromatic ring is 1. The second-order valence-corrected chi connectivity index (χ2v) is 6.13. The SMILES string of the molecule is CC(C)Cc1nc(CSc2nnc(N)s2)no1. The van der Waals surface area contributed by atoms with Crippen LogP contribution in [-0.2, 0) is 12.2 Å². The Balaban J connectivity index is 1.89. The van der Waals surface area contributed by atoms with Crippen molar-refractivity contribution in [3.05, 3.63) is 11.7 Å². The van der Waals surface area contributed by atoms with Crippen LogP contribution < -0.4 is 5.73 Å². The second kappa shape index (κ2) is 5.46. The van der Waals surface area contributed by atoms with Gasteiger partial charge in [0.05, 0.1) is 5.75 Å². The molecular formula is C9H13N5OS2. The summed E-state index contributed by atoms with van der Waals surface area (Å²) in [6.07, 6.45) is 0.809. The zero-order valence-electron chi connectivity index (χ0n) is 9.58. The van der Waals surface area contributed by atoms with Gasteiger partial charge in [0.25, 0.3) is 0 Å². The van der Waals surface area contributed by atoms with Crippen LogP contribution in [-0.4, -0.2) is 20.3 Å². The molecule has 0 aliphatic carbocycles. The topological polar surface area (TPSA) is 90.7 Å². The smallest absolute Gasteiger partial charge is 0.226 e. The van der Waals surface area contributed by atoms with Gasteiger partial charge in [-0.1, -0.05) is 42.1 Å². The molecule has 0 atom stereocenters. The lowest BCUT2D eigenvalue weighted by molar-refractivity contribution is 0.360. The van der Waals surface area contributed by atoms with E-state index in [1.807, 2.05) is 0 Å². The van der Waals surface area contributed by atoms with E-state index in [9.17, 15) is 0 Å². The highest BCUT2D eigenvalue weighted by Crippen LogP contribution is 2.25. The molecule has 0 fully saturated rings. The standard InChI is InChI=1S/C9H13N5OS2/c1-5(2)3-7-11-6(14-15-7)4-16-9-13-12-8(10)17-9/h5H,3-4H2,1-2H3,(H2,10,12). The second-order valence-electron chi connectivity index (χ2n) is 3.90. The summed E-state index contributed by atoms with van der Waals surface area (Å²) < 4.78 is 5.95. The summed E-state index contributed by atoms with van der Waals surface area (Å²) in [4.78, 5) is 4.30. The largest absolute Gasteiger partial charge is 0.374 e. The fraction of sp³-hybridized carbons (Fsp3) is 0.556. The molecule has 6 nitrogen and oxygen atoms in total. The molecule has 2 N–H and O–H groups in total. The Morgan fingerprint density at radius 1 is 1.41 bits per heavy atom. The minimum absolute atomic E-state index is 0.473. The Kier molecular flexibility index (Phi) is 3.95. The summed E-state index contributed by atoms with van der Waals surface area (Å²) >= 11 is 2.86. The van der Waals surface area contributed by atoms with E-state index in [-0.39, 0.29) is 0 Å². The number of nitrogens with zero attached hydrogens (tertiary/aromatic N) is 4. The molecule has 0 spiro atoms. The van der Waals surface area contributed by atoms with Crippen molar-refractivity contribution in [3.63, 3.8) is 0 Å². The maximum absolute atomic E-state index is 5.49. The minimum atomic E-state index is 0.473. The van der Waals surface area contributed by atoms with Gasteiger partial charge in [0, 0.05) is 6.42 Å². The zero-order chi connectivity index (χ0) is 12.3. The first-order valence-electron chi connectivity index (χ1n) is 5.16. The predicted octanol–water partition coefficient (Wildman–Crippen LogP) is 1.99. The van der Waals surface area contributed by atoms with Crippen molar-refractivity contribution in [2.75, 3.05) is 5.73 Å². The van der Waals surface area contributed by atoms with Crippen LogP contribution in [0.15, 0.2) is 8.86 Å². The number of rotatable bonds is 5. The fourth-order valence-electron chi connectivity index (χ4n) is 1.19. The molecule has 0 radical (unpaired) electrons. The molecule has 0 unspecified atom stereocenters. The molecule has 0 amide bonds. The molecule has 2 aromatic rings. The van der Waals surface area contributed by atoms with Crippen LogP contribution in [0.2, 0.25) is 0 Å². The first kappa shape index (κ1) is 12.3. The maximum atomic E-state index is 5.49. The average Bonchev–Trinajstić information content (AvgIpc) is 2.84. The van der Waals surface area contributed by atoms with Crippen LogP contribution in [0.3, 0.4) is 0 Å². The third-order valence-electron chi connectivity index (χ3n) is 1.84. The van der Waals surface area contributed by atoms with Gasteiger partial charge in [-0.2, -0.15) is 4.98 Å². The fourth-order valence-corrected chi connectivity index (χ4v) is 2.67. The van der Waals surface area contributed by atoms with E-state index in [0.717, 1.165) is 10.8 Å². The van der Waals surface area contributed by atoms with E-state index in [4.69, 9.17) is 10.3 Å². The van der Waals surface area contributed by atoms with Gasteiger partial charge in [0.2, 0.25) is 11.0 Å². The van der Waals surface area contributed by atoms with Gasteiger partial charge >= 0.3 is 0 Å². The van der Waals surface area contributed by atoms with Crippen LogP contribution >= 0.6 is 23.1 Å². The van der Waals surface area contributed by atoms with E-state index in [0.29, 0.717) is 28.5 Å². The molecule has 0 bridgehead atoms. The molecule has 0 aromatic carbocycles. The molecule has 0 aliphatic rings. The van der Waals surface area contributed by atoms with Gasteiger partial charge in [-0.3, -0.25) is 0 Å². The summed E-state index contributed by atoms with van der Waals surface area (Å²) in [5.41, 5.74) is 5.49. The van der Waals surface area contributed by atoms with Crippen molar-refractivity contribution in [2.45, 2.75) is 30.4 Å². The van der Waals surface area contributed by atoms with Crippen molar-refractivity contribution in [2.24, 2.45) is 5.92 Å². The van der Waals surface area contributed by atoms with Crippen LogP contribution in [0.25, 0.3) is 0 Å². The van der Waals surface area contributed by atoms with Crippen LogP contribution in [0, 0.1) is 5.92 Å². The molecule has 0 aliphatic heterocycles. The summed E-state index contributed by atoms with van der Waals surface area (Å²) in [6.45, 7) is 4.23. The number of hydrogen-bond acceptors (Lipinski definition) is 8. The minimum Gasteiger partial charge on any atom is -0.374 e. The van der Waals surface area contributed by atoms with Gasteiger partial charge in [0.1, 0.15) is 0 Å². The molecule has 0 saturated carbocycles. The maximum Gasteiger partial charge on any atom is 0.226 e. The summed E-state index contributed by atoms with van der Waals surface area (Å²) in [6, 6.07) is 0. The molecule has 2 rings (SSSR count). The van der Waals surface area contributed by atoms with Crippen molar-refractivity contribution >= 4 is 28.2 Å². The van der Waals surface area contributed by atoms with E-state index < -0.39 is 0 Å². The van der Waals surface area contributed by atoms with Gasteiger partial charge < -0.3 is 10.3 Å². The quantitative estimate of drug-likeness (QED) is 0.831. The van der Waals surface area contributed by atoms with Crippen molar-refractivity contribution < 1.29 is 4.52 Å². The van der Waals surface area contributed by atoms with Crippen LogP contribution in [0.1, 0.15) is 25.6 Å². The highest BCUT2D eigenvalue weighted by molar-refractivity contribution is 8.00. The normalized spacial score (nSPS) is 11.2.